The minimum Gasteiger partial charge on any atom is -0.289 e. The number of hydrogen-bond acceptors (Lipinski definition) is 1. The predicted octanol–water partition coefficient (Wildman–Crippen LogP) is -1.22. The molecule has 5 heavy (non-hydrogen) atoms. The molecule has 0 aliphatic carbocycles. The zero-order chi connectivity index (χ0) is 4.12. The lowest BCUT2D eigenvalue weighted by atomic mass is 10.2. The minimum atomic E-state index is 0.569. The zero-order valence-electron chi connectivity index (χ0n) is 2.99. The van der Waals surface area contributed by atoms with Crippen molar-refractivity contribution < 1.29 is 4.79 Å². The molecule has 0 atom stereocenters. The number of aldehydes is 1. The van der Waals surface area contributed by atoms with E-state index in [1.54, 1.807) is 7.85 Å². The van der Waals surface area contributed by atoms with E-state index in [0.29, 0.717) is 6.29 Å². The molecule has 0 N–H and O–H groups in total. The van der Waals surface area contributed by atoms with Gasteiger partial charge in [0, 0.05) is 0 Å². The Bertz CT molecular complexity index is 76.6. The summed E-state index contributed by atoms with van der Waals surface area (Å²) in [6.45, 7) is 0. The zero-order valence-corrected chi connectivity index (χ0v) is 2.99. The van der Waals surface area contributed by atoms with Crippen LogP contribution >= 0.6 is 0 Å². The van der Waals surface area contributed by atoms with E-state index in [-0.39, 0.29) is 0 Å². The molecular formula is C3H3BO. The summed E-state index contributed by atoms with van der Waals surface area (Å²) in [4.78, 5) is 9.23. The third kappa shape index (κ3) is 3.29. The molecule has 0 bridgehead atoms. The number of carbonyl (C=O) groups is 1. The Morgan fingerprint density at radius 2 is 2.40 bits per heavy atom. The maximum atomic E-state index is 9.23. The van der Waals surface area contributed by atoms with E-state index in [9.17, 15) is 4.79 Å². The van der Waals surface area contributed by atoms with Gasteiger partial charge in [0.25, 0.3) is 0 Å². The normalized spacial score (nSPS) is 4.00. The molecule has 0 amide bonds. The first-order chi connectivity index (χ1) is 2.41. The molecule has 0 aliphatic rings. The Morgan fingerprint density at radius 3 is 2.40 bits per heavy atom. The van der Waals surface area contributed by atoms with Crippen LogP contribution in [0.25, 0.3) is 0 Å². The fourth-order valence-electron chi connectivity index (χ4n) is 0.0589. The van der Waals surface area contributed by atoms with Crippen LogP contribution in [0.2, 0.25) is 0 Å². The third-order valence-corrected chi connectivity index (χ3v) is 0.203. The van der Waals surface area contributed by atoms with Crippen molar-refractivity contribution >= 4 is 14.1 Å². The van der Waals surface area contributed by atoms with Gasteiger partial charge in [-0.05, 0) is 5.92 Å². The fourth-order valence-corrected chi connectivity index (χ4v) is 0.0589. The highest BCUT2D eigenvalue weighted by Gasteiger charge is 1.43. The van der Waals surface area contributed by atoms with Gasteiger partial charge < -0.3 is 0 Å². The summed E-state index contributed by atoms with van der Waals surface area (Å²) in [7, 11) is 1.62. The van der Waals surface area contributed by atoms with Gasteiger partial charge >= 0.3 is 0 Å². The van der Waals surface area contributed by atoms with Crippen LogP contribution in [0.15, 0.2) is 0 Å². The molecule has 0 aromatic heterocycles. The average Bonchev–Trinajstić information content (AvgIpc) is 1.41. The Balaban J connectivity index is 3.16. The van der Waals surface area contributed by atoms with Crippen LogP contribution in [0, 0.1) is 11.7 Å². The van der Waals surface area contributed by atoms with Crippen molar-refractivity contribution in [1.29, 1.82) is 0 Å². The SMILES string of the molecule is BC#CC=O. The molecule has 1 nitrogen and oxygen atoms in total. The monoisotopic (exact) mass is 66.0 g/mol. The highest BCUT2D eigenvalue weighted by molar-refractivity contribution is 6.23. The number of rotatable bonds is 0. The van der Waals surface area contributed by atoms with Crippen LogP contribution in [-0.2, 0) is 4.79 Å². The molecule has 0 spiro atoms. The summed E-state index contributed by atoms with van der Waals surface area (Å²) < 4.78 is 0. The summed E-state index contributed by atoms with van der Waals surface area (Å²) >= 11 is 0. The van der Waals surface area contributed by atoms with Gasteiger partial charge in [0.15, 0.2) is 14.1 Å². The van der Waals surface area contributed by atoms with Crippen molar-refractivity contribution in [1.82, 2.24) is 0 Å². The second-order valence-corrected chi connectivity index (χ2v) is 0.512. The molecular weight excluding hydrogens is 62.8 g/mol. The van der Waals surface area contributed by atoms with Crippen molar-refractivity contribution in [3.8, 4) is 11.7 Å². The van der Waals surface area contributed by atoms with Crippen molar-refractivity contribution in [2.24, 2.45) is 0 Å². The van der Waals surface area contributed by atoms with Gasteiger partial charge in [-0.2, -0.15) is 5.82 Å². The fraction of sp³-hybridized carbons (Fsp3) is 0. The Hall–Kier alpha value is -0.705. The van der Waals surface area contributed by atoms with Gasteiger partial charge in [0.05, 0.1) is 0 Å². The van der Waals surface area contributed by atoms with Crippen molar-refractivity contribution in [3.05, 3.63) is 0 Å². The van der Waals surface area contributed by atoms with Crippen molar-refractivity contribution in [2.45, 2.75) is 0 Å². The lowest BCUT2D eigenvalue weighted by molar-refractivity contribution is -0.103. The Kier molecular flexibility index (Phi) is 2.83. The number of carbonyl (C=O) groups excluding carboxylic acids is 1. The summed E-state index contributed by atoms with van der Waals surface area (Å²) in [5, 5.41) is 0. The van der Waals surface area contributed by atoms with Crippen LogP contribution in [-0.4, -0.2) is 14.1 Å². The van der Waals surface area contributed by atoms with Crippen LogP contribution in [0.5, 0.6) is 0 Å². The molecule has 0 rings (SSSR count). The molecule has 0 saturated heterocycles. The Morgan fingerprint density at radius 1 is 1.80 bits per heavy atom. The first kappa shape index (κ1) is 4.29. The molecule has 0 fully saturated rings. The molecule has 0 aromatic carbocycles. The maximum Gasteiger partial charge on any atom is 0.196 e. The van der Waals surface area contributed by atoms with Gasteiger partial charge in [0.1, 0.15) is 0 Å². The van der Waals surface area contributed by atoms with Gasteiger partial charge in [0.2, 0.25) is 0 Å². The van der Waals surface area contributed by atoms with E-state index in [0.717, 1.165) is 0 Å². The third-order valence-electron chi connectivity index (χ3n) is 0.203. The summed E-state index contributed by atoms with van der Waals surface area (Å²) in [5.41, 5.74) is 0. The van der Waals surface area contributed by atoms with E-state index in [1.807, 2.05) is 0 Å². The van der Waals surface area contributed by atoms with Gasteiger partial charge in [-0.1, -0.05) is 0 Å². The van der Waals surface area contributed by atoms with Crippen LogP contribution < -0.4 is 0 Å². The molecule has 0 aromatic rings. The predicted molar refractivity (Wildman–Crippen MR) is 22.4 cm³/mol. The maximum absolute atomic E-state index is 9.23. The van der Waals surface area contributed by atoms with Crippen LogP contribution in [0.1, 0.15) is 0 Å². The first-order valence-corrected chi connectivity index (χ1v) is 1.27. The summed E-state index contributed by atoms with van der Waals surface area (Å²) in [6, 6.07) is 0. The Labute approximate surface area is 31.8 Å². The molecule has 0 unspecified atom stereocenters. The molecule has 0 aliphatic heterocycles. The second kappa shape index (κ2) is 3.29. The first-order valence-electron chi connectivity index (χ1n) is 1.27. The summed E-state index contributed by atoms with van der Waals surface area (Å²) in [6.07, 6.45) is 0.569. The number of hydrogen-bond donors (Lipinski definition) is 0. The van der Waals surface area contributed by atoms with E-state index < -0.39 is 0 Å². The standard InChI is InChI=1S/C3H3BO/c4-2-1-3-5/h3H,4H2. The average molecular weight is 65.9 g/mol. The highest BCUT2D eigenvalue weighted by atomic mass is 16.1. The quantitative estimate of drug-likeness (QED) is 0.197. The topological polar surface area (TPSA) is 17.1 Å². The van der Waals surface area contributed by atoms with Gasteiger partial charge in [-0.15, -0.1) is 0 Å². The molecule has 0 heterocycles. The van der Waals surface area contributed by atoms with Crippen LogP contribution in [0.3, 0.4) is 0 Å². The van der Waals surface area contributed by atoms with Gasteiger partial charge in [-0.3, -0.25) is 4.79 Å². The van der Waals surface area contributed by atoms with Crippen molar-refractivity contribution in [2.75, 3.05) is 0 Å². The van der Waals surface area contributed by atoms with E-state index in [4.69, 9.17) is 0 Å². The van der Waals surface area contributed by atoms with Crippen LogP contribution in [0.4, 0.5) is 0 Å². The van der Waals surface area contributed by atoms with E-state index >= 15 is 0 Å². The van der Waals surface area contributed by atoms with Crippen molar-refractivity contribution in [3.63, 3.8) is 0 Å². The molecule has 0 saturated carbocycles. The summed E-state index contributed by atoms with van der Waals surface area (Å²) in [5.74, 6) is 4.58. The van der Waals surface area contributed by atoms with E-state index in [2.05, 4.69) is 11.7 Å². The largest absolute Gasteiger partial charge is 0.289 e. The molecule has 0 radical (unpaired) electrons. The molecule has 2 heteroatoms. The molecule has 24 valence electrons. The lowest BCUT2D eigenvalue weighted by Gasteiger charge is -1.42. The lowest BCUT2D eigenvalue weighted by Crippen LogP contribution is -1.56. The smallest absolute Gasteiger partial charge is 0.196 e. The van der Waals surface area contributed by atoms with E-state index in [1.165, 1.54) is 0 Å². The highest BCUT2D eigenvalue weighted by Crippen LogP contribution is 1.30. The minimum absolute atomic E-state index is 0.569. The second-order valence-electron chi connectivity index (χ2n) is 0.512. The van der Waals surface area contributed by atoms with Gasteiger partial charge in [-0.25, -0.2) is 0 Å².